The molecular weight excluding hydrogens is 512 g/mol. The van der Waals surface area contributed by atoms with Crippen molar-refractivity contribution in [1.29, 1.82) is 0 Å². The first kappa shape index (κ1) is 25.2. The van der Waals surface area contributed by atoms with E-state index in [4.69, 9.17) is 31.8 Å². The van der Waals surface area contributed by atoms with Crippen molar-refractivity contribution in [2.45, 2.75) is 43.3 Å². The lowest BCUT2D eigenvalue weighted by molar-refractivity contribution is -0.172. The van der Waals surface area contributed by atoms with Gasteiger partial charge in [-0.15, -0.1) is 0 Å². The molecule has 0 saturated carbocycles. The summed E-state index contributed by atoms with van der Waals surface area (Å²) >= 11 is 5.96. The second-order valence-electron chi connectivity index (χ2n) is 8.21. The molecule has 1 aliphatic heterocycles. The molecule has 11 heteroatoms. The molecule has 3 heterocycles. The molecule has 0 bridgehead atoms. The summed E-state index contributed by atoms with van der Waals surface area (Å²) in [5, 5.41) is -0.448. The lowest BCUT2D eigenvalue weighted by atomic mass is 9.98. The Hall–Kier alpha value is -3.44. The SMILES string of the molecule is CCOC(=O)C1(C(S)c2nc3ccccc3[nH]2)OC(=O)C(OCC)=C1Sc1nc2ccccc2n1CC. The predicted octanol–water partition coefficient (Wildman–Crippen LogP) is 4.80. The molecule has 1 N–H and O–H groups in total. The third-order valence-corrected chi connectivity index (χ3v) is 7.83. The zero-order valence-electron chi connectivity index (χ0n) is 20.6. The van der Waals surface area contributed by atoms with Crippen LogP contribution in [0.15, 0.2) is 64.4 Å². The van der Waals surface area contributed by atoms with Gasteiger partial charge in [-0.2, -0.15) is 12.6 Å². The molecule has 0 amide bonds. The Morgan fingerprint density at radius 3 is 2.54 bits per heavy atom. The van der Waals surface area contributed by atoms with Crippen molar-refractivity contribution in [2.75, 3.05) is 13.2 Å². The molecule has 0 radical (unpaired) electrons. The van der Waals surface area contributed by atoms with Gasteiger partial charge >= 0.3 is 11.9 Å². The Morgan fingerprint density at radius 1 is 1.11 bits per heavy atom. The van der Waals surface area contributed by atoms with Crippen LogP contribution >= 0.6 is 24.4 Å². The van der Waals surface area contributed by atoms with E-state index in [1.54, 1.807) is 13.8 Å². The van der Waals surface area contributed by atoms with Crippen LogP contribution < -0.4 is 0 Å². The number of aryl methyl sites for hydroxylation is 1. The first-order chi connectivity index (χ1) is 17.9. The number of hydrogen-bond acceptors (Lipinski definition) is 9. The number of aromatic nitrogens is 4. The summed E-state index contributed by atoms with van der Waals surface area (Å²) in [5.41, 5.74) is 1.22. The number of fused-ring (bicyclic) bond motifs is 2. The number of carbonyl (C=O) groups is 2. The summed E-state index contributed by atoms with van der Waals surface area (Å²) in [6.07, 6.45) is 0. The van der Waals surface area contributed by atoms with E-state index in [0.717, 1.165) is 28.3 Å². The van der Waals surface area contributed by atoms with Gasteiger partial charge in [0.15, 0.2) is 5.16 Å². The van der Waals surface area contributed by atoms with Gasteiger partial charge in [0, 0.05) is 6.54 Å². The minimum absolute atomic E-state index is 0.0644. The number of thiol groups is 1. The highest BCUT2D eigenvalue weighted by molar-refractivity contribution is 8.03. The van der Waals surface area contributed by atoms with Gasteiger partial charge in [-0.25, -0.2) is 19.6 Å². The maximum absolute atomic E-state index is 13.7. The Bertz CT molecular complexity index is 1490. The third kappa shape index (κ3) is 4.15. The molecule has 5 rings (SSSR count). The van der Waals surface area contributed by atoms with Gasteiger partial charge < -0.3 is 23.8 Å². The van der Waals surface area contributed by atoms with E-state index < -0.39 is 22.8 Å². The molecule has 0 fully saturated rings. The fraction of sp³-hybridized carbons (Fsp3) is 0.308. The second kappa shape index (κ2) is 10.1. The van der Waals surface area contributed by atoms with Gasteiger partial charge in [-0.05, 0) is 56.8 Å². The highest BCUT2D eigenvalue weighted by atomic mass is 32.2. The number of aromatic amines is 1. The van der Waals surface area contributed by atoms with Crippen LogP contribution in [0.25, 0.3) is 22.1 Å². The van der Waals surface area contributed by atoms with E-state index in [2.05, 4.69) is 9.97 Å². The van der Waals surface area contributed by atoms with Gasteiger partial charge in [0.25, 0.3) is 5.60 Å². The maximum atomic E-state index is 13.7. The van der Waals surface area contributed by atoms with Crippen LogP contribution in [0, 0.1) is 0 Å². The van der Waals surface area contributed by atoms with Crippen LogP contribution in [0.4, 0.5) is 0 Å². The Labute approximate surface area is 223 Å². The standard InChI is InChI=1S/C26H26N4O5S2/c1-4-30-18-14-10-9-13-17(18)29-25(30)37-21-19(33-5-2)23(31)35-26(21,24(32)34-6-3)20(36)22-27-15-11-7-8-12-16(15)28-22/h7-14,20,36H,4-6H2,1-3H3,(H,27,28). The van der Waals surface area contributed by atoms with Crippen molar-refractivity contribution in [3.8, 4) is 0 Å². The molecule has 1 aliphatic rings. The van der Waals surface area contributed by atoms with Crippen molar-refractivity contribution < 1.29 is 23.8 Å². The second-order valence-corrected chi connectivity index (χ2v) is 9.70. The minimum Gasteiger partial charge on any atom is -0.486 e. The zero-order chi connectivity index (χ0) is 26.2. The normalized spacial score (nSPS) is 18.4. The van der Waals surface area contributed by atoms with E-state index in [1.165, 1.54) is 0 Å². The topological polar surface area (TPSA) is 108 Å². The number of cyclic esters (lactones) is 1. The summed E-state index contributed by atoms with van der Waals surface area (Å²) in [5.74, 6) is -1.25. The average Bonchev–Trinajstić information content (AvgIpc) is 3.57. The van der Waals surface area contributed by atoms with Crippen molar-refractivity contribution >= 4 is 58.4 Å². The number of nitrogens with one attached hydrogen (secondary N) is 1. The Morgan fingerprint density at radius 2 is 1.84 bits per heavy atom. The molecule has 37 heavy (non-hydrogen) atoms. The molecule has 0 saturated heterocycles. The molecule has 2 atom stereocenters. The van der Waals surface area contributed by atoms with Crippen molar-refractivity contribution in [3.05, 3.63) is 65.0 Å². The van der Waals surface area contributed by atoms with E-state index in [1.807, 2.05) is 60.0 Å². The number of para-hydroxylation sites is 4. The number of carbonyl (C=O) groups excluding carboxylic acids is 2. The van der Waals surface area contributed by atoms with Crippen molar-refractivity contribution in [2.24, 2.45) is 0 Å². The highest BCUT2D eigenvalue weighted by Gasteiger charge is 2.62. The quantitative estimate of drug-likeness (QED) is 0.231. The first-order valence-corrected chi connectivity index (χ1v) is 13.3. The molecule has 2 aromatic carbocycles. The molecule has 2 aromatic heterocycles. The summed E-state index contributed by atoms with van der Waals surface area (Å²) in [7, 11) is 0. The molecule has 9 nitrogen and oxygen atoms in total. The number of esters is 2. The van der Waals surface area contributed by atoms with Crippen LogP contribution in [0.1, 0.15) is 31.8 Å². The molecule has 0 aliphatic carbocycles. The zero-order valence-corrected chi connectivity index (χ0v) is 22.3. The average molecular weight is 539 g/mol. The number of thioether (sulfide) groups is 1. The van der Waals surface area contributed by atoms with Gasteiger partial charge in [0.05, 0.1) is 40.2 Å². The first-order valence-electron chi connectivity index (χ1n) is 12.0. The summed E-state index contributed by atoms with van der Waals surface area (Å²) in [4.78, 5) is 39.7. The number of benzene rings is 2. The van der Waals surface area contributed by atoms with Gasteiger partial charge in [0.2, 0.25) is 5.76 Å². The van der Waals surface area contributed by atoms with Gasteiger partial charge in [-0.1, -0.05) is 24.3 Å². The molecule has 0 spiro atoms. The molecule has 192 valence electrons. The summed E-state index contributed by atoms with van der Waals surface area (Å²) < 4.78 is 19.1. The Kier molecular flexibility index (Phi) is 6.91. The number of ether oxygens (including phenoxy) is 3. The smallest absolute Gasteiger partial charge is 0.376 e. The van der Waals surface area contributed by atoms with Gasteiger partial charge in [-0.3, -0.25) is 0 Å². The number of H-pyrrole nitrogens is 1. The van der Waals surface area contributed by atoms with Crippen LogP contribution in [0.3, 0.4) is 0 Å². The third-order valence-electron chi connectivity index (χ3n) is 6.03. The predicted molar refractivity (Wildman–Crippen MR) is 143 cm³/mol. The van der Waals surface area contributed by atoms with E-state index in [9.17, 15) is 9.59 Å². The van der Waals surface area contributed by atoms with Crippen LogP contribution in [-0.2, 0) is 30.3 Å². The minimum atomic E-state index is -1.95. The van der Waals surface area contributed by atoms with Crippen molar-refractivity contribution in [1.82, 2.24) is 19.5 Å². The van der Waals surface area contributed by atoms with Crippen LogP contribution in [0.5, 0.6) is 0 Å². The highest BCUT2D eigenvalue weighted by Crippen LogP contribution is 2.52. The van der Waals surface area contributed by atoms with Gasteiger partial charge in [0.1, 0.15) is 11.1 Å². The Balaban J connectivity index is 1.70. The van der Waals surface area contributed by atoms with Crippen molar-refractivity contribution in [3.63, 3.8) is 0 Å². The fourth-order valence-corrected chi connectivity index (χ4v) is 6.17. The molecule has 2 unspecified atom stereocenters. The maximum Gasteiger partial charge on any atom is 0.376 e. The number of hydrogen-bond donors (Lipinski definition) is 2. The number of rotatable bonds is 9. The van der Waals surface area contributed by atoms with Crippen LogP contribution in [-0.4, -0.2) is 50.3 Å². The fourth-order valence-electron chi connectivity index (χ4n) is 4.38. The molecule has 4 aromatic rings. The summed E-state index contributed by atoms with van der Waals surface area (Å²) in [6, 6.07) is 15.2. The number of nitrogens with zero attached hydrogens (tertiary/aromatic N) is 3. The molecular formula is C26H26N4O5S2. The monoisotopic (exact) mass is 538 g/mol. The van der Waals surface area contributed by atoms with E-state index in [0.29, 0.717) is 23.0 Å². The summed E-state index contributed by atoms with van der Waals surface area (Å²) in [6.45, 7) is 6.34. The largest absolute Gasteiger partial charge is 0.486 e. The lowest BCUT2D eigenvalue weighted by Crippen LogP contribution is -2.46. The van der Waals surface area contributed by atoms with Crippen LogP contribution in [0.2, 0.25) is 0 Å². The number of imidazole rings is 2. The lowest BCUT2D eigenvalue weighted by Gasteiger charge is -2.31. The van der Waals surface area contributed by atoms with E-state index >= 15 is 0 Å². The van der Waals surface area contributed by atoms with E-state index in [-0.39, 0.29) is 23.9 Å².